The highest BCUT2D eigenvalue weighted by atomic mass is 19.1. The Balaban J connectivity index is 3.22. The van der Waals surface area contributed by atoms with E-state index in [1.807, 2.05) is 0 Å². The van der Waals surface area contributed by atoms with E-state index in [9.17, 15) is 9.50 Å². The van der Waals surface area contributed by atoms with Gasteiger partial charge in [-0.1, -0.05) is 6.08 Å². The number of nitrogens with two attached hydrogens (primary N) is 2. The predicted molar refractivity (Wildman–Crippen MR) is 49.6 cm³/mol. The molecule has 0 radical (unpaired) electrons. The zero-order chi connectivity index (χ0) is 10.0. The van der Waals surface area contributed by atoms with Gasteiger partial charge in [0.1, 0.15) is 11.6 Å². The van der Waals surface area contributed by atoms with Crippen molar-refractivity contribution in [2.45, 2.75) is 6.04 Å². The standard InChI is InChI=1S/C9H11FN2O/c1-2-7(11)5-3-8(12)6(10)4-9(5)13/h2-4,7,13H,1,11-12H2. The SMILES string of the molecule is C=CC(N)c1cc(N)c(F)cc1O. The fourth-order valence-corrected chi connectivity index (χ4v) is 0.991. The third-order valence-electron chi connectivity index (χ3n) is 1.76. The Morgan fingerprint density at radius 1 is 1.54 bits per heavy atom. The van der Waals surface area contributed by atoms with Gasteiger partial charge >= 0.3 is 0 Å². The van der Waals surface area contributed by atoms with E-state index in [4.69, 9.17) is 11.5 Å². The van der Waals surface area contributed by atoms with Gasteiger partial charge in [-0.3, -0.25) is 0 Å². The molecule has 0 fully saturated rings. The molecule has 1 aromatic rings. The van der Waals surface area contributed by atoms with Crippen LogP contribution in [0.5, 0.6) is 5.75 Å². The summed E-state index contributed by atoms with van der Waals surface area (Å²) >= 11 is 0. The number of rotatable bonds is 2. The molecule has 0 amide bonds. The minimum Gasteiger partial charge on any atom is -0.507 e. The first kappa shape index (κ1) is 9.54. The molecule has 0 aromatic heterocycles. The molecule has 0 aliphatic heterocycles. The van der Waals surface area contributed by atoms with Crippen molar-refractivity contribution in [1.82, 2.24) is 0 Å². The topological polar surface area (TPSA) is 72.3 Å². The van der Waals surface area contributed by atoms with Crippen molar-refractivity contribution in [2.24, 2.45) is 5.73 Å². The van der Waals surface area contributed by atoms with Gasteiger partial charge in [0.2, 0.25) is 0 Å². The van der Waals surface area contributed by atoms with Crippen molar-refractivity contribution in [3.05, 3.63) is 36.2 Å². The third kappa shape index (κ3) is 1.78. The van der Waals surface area contributed by atoms with E-state index in [0.29, 0.717) is 5.56 Å². The largest absolute Gasteiger partial charge is 0.507 e. The lowest BCUT2D eigenvalue weighted by Gasteiger charge is -2.10. The minimum absolute atomic E-state index is 0.0369. The van der Waals surface area contributed by atoms with Crippen LogP contribution in [0.15, 0.2) is 24.8 Å². The first-order valence-corrected chi connectivity index (χ1v) is 3.72. The summed E-state index contributed by atoms with van der Waals surface area (Å²) in [5, 5.41) is 9.29. The molecule has 4 heteroatoms. The Morgan fingerprint density at radius 3 is 2.69 bits per heavy atom. The van der Waals surface area contributed by atoms with E-state index >= 15 is 0 Å². The van der Waals surface area contributed by atoms with Crippen LogP contribution in [0.4, 0.5) is 10.1 Å². The number of aromatic hydroxyl groups is 1. The lowest BCUT2D eigenvalue weighted by atomic mass is 10.1. The molecule has 0 aliphatic rings. The number of phenolic OH excluding ortho intramolecular Hbond substituents is 1. The minimum atomic E-state index is -0.655. The second kappa shape index (κ2) is 3.45. The molecule has 0 bridgehead atoms. The van der Waals surface area contributed by atoms with Crippen molar-refractivity contribution in [3.8, 4) is 5.75 Å². The monoisotopic (exact) mass is 182 g/mol. The molecule has 3 nitrogen and oxygen atoms in total. The number of hydrogen-bond donors (Lipinski definition) is 3. The molecule has 1 rings (SSSR count). The van der Waals surface area contributed by atoms with Crippen LogP contribution in [0.1, 0.15) is 11.6 Å². The van der Waals surface area contributed by atoms with Crippen LogP contribution in [0, 0.1) is 5.82 Å². The molecular formula is C9H11FN2O. The van der Waals surface area contributed by atoms with Crippen molar-refractivity contribution < 1.29 is 9.50 Å². The molecule has 1 aromatic carbocycles. The van der Waals surface area contributed by atoms with E-state index in [0.717, 1.165) is 6.07 Å². The summed E-state index contributed by atoms with van der Waals surface area (Å²) in [6.45, 7) is 3.46. The van der Waals surface area contributed by atoms with E-state index < -0.39 is 11.9 Å². The van der Waals surface area contributed by atoms with Crippen LogP contribution in [0.25, 0.3) is 0 Å². The summed E-state index contributed by atoms with van der Waals surface area (Å²) in [6.07, 6.45) is 1.44. The zero-order valence-electron chi connectivity index (χ0n) is 7.00. The fourth-order valence-electron chi connectivity index (χ4n) is 0.991. The smallest absolute Gasteiger partial charge is 0.149 e. The molecule has 1 unspecified atom stereocenters. The highest BCUT2D eigenvalue weighted by molar-refractivity contribution is 5.50. The maximum Gasteiger partial charge on any atom is 0.149 e. The van der Waals surface area contributed by atoms with Gasteiger partial charge in [0, 0.05) is 11.6 Å². The first-order valence-electron chi connectivity index (χ1n) is 3.72. The number of anilines is 1. The number of phenols is 1. The lowest BCUT2D eigenvalue weighted by molar-refractivity contribution is 0.460. The zero-order valence-corrected chi connectivity index (χ0v) is 7.00. The Bertz CT molecular complexity index is 339. The molecule has 13 heavy (non-hydrogen) atoms. The molecular weight excluding hydrogens is 171 g/mol. The van der Waals surface area contributed by atoms with Gasteiger partial charge in [0.25, 0.3) is 0 Å². The molecule has 70 valence electrons. The Morgan fingerprint density at radius 2 is 2.15 bits per heavy atom. The lowest BCUT2D eigenvalue weighted by Crippen LogP contribution is -2.07. The van der Waals surface area contributed by atoms with Gasteiger partial charge in [0.05, 0.1) is 11.7 Å². The van der Waals surface area contributed by atoms with Crippen LogP contribution in [0.2, 0.25) is 0 Å². The summed E-state index contributed by atoms with van der Waals surface area (Å²) < 4.78 is 12.8. The van der Waals surface area contributed by atoms with Gasteiger partial charge in [-0.2, -0.15) is 0 Å². The van der Waals surface area contributed by atoms with Crippen molar-refractivity contribution >= 4 is 5.69 Å². The number of hydrogen-bond acceptors (Lipinski definition) is 3. The summed E-state index contributed by atoms with van der Waals surface area (Å²) in [5.74, 6) is -0.864. The highest BCUT2D eigenvalue weighted by Crippen LogP contribution is 2.27. The highest BCUT2D eigenvalue weighted by Gasteiger charge is 2.10. The van der Waals surface area contributed by atoms with E-state index in [1.165, 1.54) is 12.1 Å². The summed E-state index contributed by atoms with van der Waals surface area (Å²) in [4.78, 5) is 0. The molecule has 5 N–H and O–H groups in total. The van der Waals surface area contributed by atoms with E-state index in [1.54, 1.807) is 0 Å². The summed E-state index contributed by atoms with van der Waals surface area (Å²) in [6, 6.07) is 1.70. The second-order valence-corrected chi connectivity index (χ2v) is 2.69. The maximum absolute atomic E-state index is 12.8. The third-order valence-corrected chi connectivity index (χ3v) is 1.76. The van der Waals surface area contributed by atoms with Gasteiger partial charge in [-0.25, -0.2) is 4.39 Å². The van der Waals surface area contributed by atoms with Crippen LogP contribution < -0.4 is 11.5 Å². The maximum atomic E-state index is 12.8. The summed E-state index contributed by atoms with van der Waals surface area (Å²) in [5.41, 5.74) is 11.2. The predicted octanol–water partition coefficient (Wildman–Crippen LogP) is 1.30. The van der Waals surface area contributed by atoms with Gasteiger partial charge < -0.3 is 16.6 Å². The quantitative estimate of drug-likeness (QED) is 0.366. The first-order chi connectivity index (χ1) is 6.06. The van der Waals surface area contributed by atoms with Gasteiger partial charge in [-0.15, -0.1) is 6.58 Å². The Kier molecular flexibility index (Phi) is 2.53. The number of benzene rings is 1. The number of nitrogen functional groups attached to an aromatic ring is 1. The van der Waals surface area contributed by atoms with Gasteiger partial charge in [0.15, 0.2) is 0 Å². The van der Waals surface area contributed by atoms with Crippen LogP contribution >= 0.6 is 0 Å². The summed E-state index contributed by atoms with van der Waals surface area (Å²) in [7, 11) is 0. The average molecular weight is 182 g/mol. The normalized spacial score (nSPS) is 12.5. The fraction of sp³-hybridized carbons (Fsp3) is 0.111. The molecule has 0 saturated heterocycles. The molecule has 0 heterocycles. The molecule has 0 aliphatic carbocycles. The van der Waals surface area contributed by atoms with Crippen molar-refractivity contribution in [1.29, 1.82) is 0 Å². The second-order valence-electron chi connectivity index (χ2n) is 2.69. The molecule has 0 saturated carbocycles. The Labute approximate surface area is 75.5 Å². The Hall–Kier alpha value is -1.55. The van der Waals surface area contributed by atoms with Crippen molar-refractivity contribution in [2.75, 3.05) is 5.73 Å². The van der Waals surface area contributed by atoms with E-state index in [-0.39, 0.29) is 11.4 Å². The van der Waals surface area contributed by atoms with Crippen LogP contribution in [0.3, 0.4) is 0 Å². The van der Waals surface area contributed by atoms with Gasteiger partial charge in [-0.05, 0) is 6.07 Å². The number of halogens is 1. The van der Waals surface area contributed by atoms with E-state index in [2.05, 4.69) is 6.58 Å². The van der Waals surface area contributed by atoms with Crippen LogP contribution in [-0.2, 0) is 0 Å². The van der Waals surface area contributed by atoms with Crippen molar-refractivity contribution in [3.63, 3.8) is 0 Å². The molecule has 0 spiro atoms. The average Bonchev–Trinajstić information content (AvgIpc) is 2.10. The van der Waals surface area contributed by atoms with Crippen LogP contribution in [-0.4, -0.2) is 5.11 Å². The molecule has 1 atom stereocenters.